The molecule has 2 aliphatic carbocycles. The zero-order chi connectivity index (χ0) is 17.4. The molecule has 132 valence electrons. The molecule has 25 heavy (non-hydrogen) atoms. The molecule has 1 N–H and O–H groups in total. The minimum Gasteiger partial charge on any atom is -0.484 e. The predicted molar refractivity (Wildman–Crippen MR) is 104 cm³/mol. The number of H-pyrrole nitrogens is 1. The number of halogens is 1. The van der Waals surface area contributed by atoms with Crippen LogP contribution in [-0.4, -0.2) is 9.55 Å². The normalized spacial score (nSPS) is 20.4. The number of nitrogens with one attached hydrogen (secondary N) is 1. The molecule has 2 aromatic rings. The van der Waals surface area contributed by atoms with Crippen LogP contribution < -0.4 is 16.0 Å². The Hall–Kier alpha value is -1.57. The Balaban J connectivity index is 1.65. The van der Waals surface area contributed by atoms with Crippen LogP contribution in [0.15, 0.2) is 33.9 Å². The van der Waals surface area contributed by atoms with E-state index in [2.05, 4.69) is 27.6 Å². The van der Waals surface area contributed by atoms with Gasteiger partial charge in [0.15, 0.2) is 0 Å². The van der Waals surface area contributed by atoms with E-state index in [0.717, 1.165) is 47.0 Å². The summed E-state index contributed by atoms with van der Waals surface area (Å²) >= 11 is 2.25. The third-order valence-corrected chi connectivity index (χ3v) is 5.99. The van der Waals surface area contributed by atoms with Gasteiger partial charge < -0.3 is 9.72 Å². The second-order valence-electron chi connectivity index (χ2n) is 6.89. The molecule has 1 aromatic carbocycles. The van der Waals surface area contributed by atoms with Gasteiger partial charge in [-0.2, -0.15) is 0 Å². The van der Waals surface area contributed by atoms with Gasteiger partial charge in [0, 0.05) is 15.2 Å². The molecule has 0 saturated heterocycles. The van der Waals surface area contributed by atoms with E-state index in [1.165, 1.54) is 11.0 Å². The Morgan fingerprint density at radius 1 is 1.04 bits per heavy atom. The molecule has 1 atom stereocenters. The summed E-state index contributed by atoms with van der Waals surface area (Å²) in [5, 5.41) is 0. The summed E-state index contributed by atoms with van der Waals surface area (Å²) in [5.74, 6) is 0.760. The van der Waals surface area contributed by atoms with Crippen molar-refractivity contribution in [3.05, 3.63) is 59.9 Å². The van der Waals surface area contributed by atoms with Gasteiger partial charge in [-0.1, -0.05) is 19.3 Å². The van der Waals surface area contributed by atoms with E-state index in [0.29, 0.717) is 12.1 Å². The topological polar surface area (TPSA) is 64.1 Å². The highest BCUT2D eigenvalue weighted by Gasteiger charge is 2.31. The molecule has 1 aromatic heterocycles. The molecule has 2 aliphatic rings. The van der Waals surface area contributed by atoms with Crippen LogP contribution in [-0.2, 0) is 6.42 Å². The molecule has 1 saturated carbocycles. The summed E-state index contributed by atoms with van der Waals surface area (Å²) in [6.07, 6.45) is 6.34. The standard InChI is InChI=1S/C19H21IN2O3/c20-12-6-8-14(9-7-12)25-16-11-10-15-17(16)21-19(24)22(18(15)23)13-4-2-1-3-5-13/h6-9,13,16H,1-5,10-11H2,(H,21,24). The van der Waals surface area contributed by atoms with E-state index in [1.807, 2.05) is 24.3 Å². The third-order valence-electron chi connectivity index (χ3n) is 5.27. The van der Waals surface area contributed by atoms with Gasteiger partial charge in [-0.05, 0) is 72.5 Å². The number of aromatic amines is 1. The summed E-state index contributed by atoms with van der Waals surface area (Å²) in [5.41, 5.74) is 0.995. The smallest absolute Gasteiger partial charge is 0.328 e. The third kappa shape index (κ3) is 3.28. The minimum absolute atomic E-state index is 0.0477. The van der Waals surface area contributed by atoms with Gasteiger partial charge in [-0.25, -0.2) is 4.79 Å². The lowest BCUT2D eigenvalue weighted by Crippen LogP contribution is -2.41. The van der Waals surface area contributed by atoms with E-state index in [-0.39, 0.29) is 23.4 Å². The summed E-state index contributed by atoms with van der Waals surface area (Å²) in [6.45, 7) is 0. The number of hydrogen-bond donors (Lipinski definition) is 1. The van der Waals surface area contributed by atoms with Crippen molar-refractivity contribution in [3.63, 3.8) is 0 Å². The lowest BCUT2D eigenvalue weighted by Gasteiger charge is -2.23. The molecule has 6 heteroatoms. The fourth-order valence-corrected chi connectivity index (χ4v) is 4.37. The van der Waals surface area contributed by atoms with E-state index in [4.69, 9.17) is 4.74 Å². The highest BCUT2D eigenvalue weighted by Crippen LogP contribution is 2.32. The van der Waals surface area contributed by atoms with Crippen molar-refractivity contribution >= 4 is 22.6 Å². The Morgan fingerprint density at radius 2 is 1.76 bits per heavy atom. The van der Waals surface area contributed by atoms with Gasteiger partial charge in [-0.15, -0.1) is 0 Å². The zero-order valence-corrected chi connectivity index (χ0v) is 16.1. The number of fused-ring (bicyclic) bond motifs is 1. The van der Waals surface area contributed by atoms with Gasteiger partial charge in [0.1, 0.15) is 11.9 Å². The Bertz CT molecular complexity index is 879. The first kappa shape index (κ1) is 16.9. The van der Waals surface area contributed by atoms with E-state index in [1.54, 1.807) is 0 Å². The Labute approximate surface area is 159 Å². The van der Waals surface area contributed by atoms with E-state index < -0.39 is 0 Å². The largest absolute Gasteiger partial charge is 0.484 e. The molecule has 0 amide bonds. The van der Waals surface area contributed by atoms with Crippen molar-refractivity contribution in [2.75, 3.05) is 0 Å². The highest BCUT2D eigenvalue weighted by atomic mass is 127. The average molecular weight is 452 g/mol. The minimum atomic E-state index is -0.284. The lowest BCUT2D eigenvalue weighted by molar-refractivity contribution is 0.202. The second kappa shape index (κ2) is 6.97. The first-order valence-electron chi connectivity index (χ1n) is 8.93. The monoisotopic (exact) mass is 452 g/mol. The van der Waals surface area contributed by atoms with Crippen molar-refractivity contribution in [3.8, 4) is 5.75 Å². The number of nitrogens with zero attached hydrogens (tertiary/aromatic N) is 1. The predicted octanol–water partition coefficient (Wildman–Crippen LogP) is 3.71. The van der Waals surface area contributed by atoms with Crippen molar-refractivity contribution < 1.29 is 4.74 Å². The van der Waals surface area contributed by atoms with Crippen LogP contribution in [0.3, 0.4) is 0 Å². The second-order valence-corrected chi connectivity index (χ2v) is 8.13. The maximum atomic E-state index is 12.9. The number of benzene rings is 1. The Morgan fingerprint density at radius 3 is 2.48 bits per heavy atom. The molecule has 0 bridgehead atoms. The van der Waals surface area contributed by atoms with Crippen molar-refractivity contribution in [2.45, 2.75) is 57.1 Å². The molecule has 1 fully saturated rings. The maximum absolute atomic E-state index is 12.9. The summed E-state index contributed by atoms with van der Waals surface area (Å²) in [7, 11) is 0. The van der Waals surface area contributed by atoms with Crippen LogP contribution in [0, 0.1) is 3.57 Å². The van der Waals surface area contributed by atoms with Crippen molar-refractivity contribution in [2.24, 2.45) is 0 Å². The molecule has 1 unspecified atom stereocenters. The zero-order valence-electron chi connectivity index (χ0n) is 14.0. The highest BCUT2D eigenvalue weighted by molar-refractivity contribution is 14.1. The number of hydrogen-bond acceptors (Lipinski definition) is 3. The molecule has 5 nitrogen and oxygen atoms in total. The molecular formula is C19H21IN2O3. The van der Waals surface area contributed by atoms with E-state index in [9.17, 15) is 9.59 Å². The first-order valence-corrected chi connectivity index (χ1v) is 10.0. The SMILES string of the molecule is O=c1[nH]c2c(c(=O)n1C1CCCCC1)CCC2Oc1ccc(I)cc1. The van der Waals surface area contributed by atoms with Crippen molar-refractivity contribution in [1.82, 2.24) is 9.55 Å². The Kier molecular flexibility index (Phi) is 4.71. The molecule has 0 radical (unpaired) electrons. The van der Waals surface area contributed by atoms with Gasteiger partial charge in [0.2, 0.25) is 0 Å². The van der Waals surface area contributed by atoms with Gasteiger partial charge in [0.05, 0.1) is 5.69 Å². The lowest BCUT2D eigenvalue weighted by atomic mass is 9.95. The van der Waals surface area contributed by atoms with Gasteiger partial charge >= 0.3 is 5.69 Å². The average Bonchev–Trinajstić information content (AvgIpc) is 3.01. The van der Waals surface area contributed by atoms with Crippen LogP contribution >= 0.6 is 22.6 Å². The van der Waals surface area contributed by atoms with Crippen molar-refractivity contribution in [1.29, 1.82) is 0 Å². The molecule has 0 spiro atoms. The number of aromatic nitrogens is 2. The maximum Gasteiger partial charge on any atom is 0.328 e. The van der Waals surface area contributed by atoms with Crippen LogP contribution in [0.1, 0.15) is 61.9 Å². The fourth-order valence-electron chi connectivity index (χ4n) is 4.01. The summed E-state index contributed by atoms with van der Waals surface area (Å²) in [4.78, 5) is 28.5. The van der Waals surface area contributed by atoms with Crippen LogP contribution in [0.5, 0.6) is 5.75 Å². The molecular weight excluding hydrogens is 431 g/mol. The quantitative estimate of drug-likeness (QED) is 0.723. The summed E-state index contributed by atoms with van der Waals surface area (Å²) in [6, 6.07) is 7.85. The van der Waals surface area contributed by atoms with Gasteiger partial charge in [-0.3, -0.25) is 9.36 Å². The number of rotatable bonds is 3. The molecule has 0 aliphatic heterocycles. The van der Waals surface area contributed by atoms with Gasteiger partial charge in [0.25, 0.3) is 5.56 Å². The van der Waals surface area contributed by atoms with Crippen LogP contribution in [0.4, 0.5) is 0 Å². The van der Waals surface area contributed by atoms with E-state index >= 15 is 0 Å². The number of ether oxygens (including phenoxy) is 1. The first-order chi connectivity index (χ1) is 12.1. The van der Waals surface area contributed by atoms with Crippen LogP contribution in [0.25, 0.3) is 0 Å². The molecule has 4 rings (SSSR count). The molecule has 1 heterocycles. The fraction of sp³-hybridized carbons (Fsp3) is 0.474. The van der Waals surface area contributed by atoms with Crippen LogP contribution in [0.2, 0.25) is 0 Å². The summed E-state index contributed by atoms with van der Waals surface area (Å²) < 4.78 is 8.63.